The maximum atomic E-state index is 6.02. The molecule has 6 aromatic rings. The van der Waals surface area contributed by atoms with Crippen LogP contribution in [0.25, 0.3) is 5.70 Å². The lowest BCUT2D eigenvalue weighted by Crippen LogP contribution is -2.17. The van der Waals surface area contributed by atoms with Gasteiger partial charge in [-0.3, -0.25) is 0 Å². The summed E-state index contributed by atoms with van der Waals surface area (Å²) in [6, 6.07) is 48.3. The predicted octanol–water partition coefficient (Wildman–Crippen LogP) is 10.8. The van der Waals surface area contributed by atoms with E-state index in [0.717, 1.165) is 47.0 Å². The molecule has 0 spiro atoms. The minimum absolute atomic E-state index is 0.761. The highest BCUT2D eigenvalue weighted by atomic mass is 15.1. The highest BCUT2D eigenvalue weighted by molar-refractivity contribution is 5.81. The first-order valence-electron chi connectivity index (χ1n) is 17.1. The van der Waals surface area contributed by atoms with E-state index >= 15 is 0 Å². The highest BCUT2D eigenvalue weighted by Crippen LogP contribution is 2.39. The number of anilines is 6. The second-order valence-corrected chi connectivity index (χ2v) is 12.8. The zero-order chi connectivity index (χ0) is 35.5. The highest BCUT2D eigenvalue weighted by Gasteiger charge is 2.17. The van der Waals surface area contributed by atoms with Gasteiger partial charge in [0.25, 0.3) is 0 Å². The molecule has 0 aromatic heterocycles. The third-order valence-electron chi connectivity index (χ3n) is 8.65. The molecule has 0 unspecified atom stereocenters. The lowest BCUT2D eigenvalue weighted by Gasteiger charge is -2.29. The van der Waals surface area contributed by atoms with E-state index in [-0.39, 0.29) is 0 Å². The van der Waals surface area contributed by atoms with E-state index in [9.17, 15) is 0 Å². The molecule has 0 aliphatic carbocycles. The maximum Gasteiger partial charge on any atom is 0.0617 e. The van der Waals surface area contributed by atoms with Crippen LogP contribution in [0.2, 0.25) is 0 Å². The first-order chi connectivity index (χ1) is 24.2. The molecule has 0 heterocycles. The number of para-hydroxylation sites is 3. The summed E-state index contributed by atoms with van der Waals surface area (Å²) < 4.78 is 0. The first kappa shape index (κ1) is 35.4. The molecule has 6 N–H and O–H groups in total. The van der Waals surface area contributed by atoms with Gasteiger partial charge < -0.3 is 27.0 Å². The monoisotopic (exact) mass is 659 g/mol. The van der Waals surface area contributed by atoms with E-state index in [1.807, 2.05) is 54.6 Å². The number of aryl methyl sites for hydroxylation is 5. The number of benzene rings is 6. The fourth-order valence-corrected chi connectivity index (χ4v) is 5.95. The number of nitrogens with one attached hydrogen (secondary N) is 2. The molecule has 0 fully saturated rings. The SMILES string of the molecule is Cc1ccc(CCN/C(=C\N)c2ccc(N(c3ccc(C)cc3C)c3ccc(C)cc3C)cc2)cc1.Nc1ccccc1Nc1ccccc1. The molecule has 0 amide bonds. The van der Waals surface area contributed by atoms with Gasteiger partial charge in [-0.05, 0) is 112 Å². The number of nitrogens with zero attached hydrogens (tertiary/aromatic N) is 1. The van der Waals surface area contributed by atoms with Crippen molar-refractivity contribution in [1.82, 2.24) is 5.32 Å². The van der Waals surface area contributed by atoms with Gasteiger partial charge in [0.15, 0.2) is 0 Å². The molecule has 0 radical (unpaired) electrons. The quantitative estimate of drug-likeness (QED) is 0.110. The summed E-state index contributed by atoms with van der Waals surface area (Å²) in [5, 5.41) is 6.76. The molecule has 254 valence electrons. The molecule has 0 aliphatic heterocycles. The minimum atomic E-state index is 0.761. The zero-order valence-electron chi connectivity index (χ0n) is 29.9. The summed E-state index contributed by atoms with van der Waals surface area (Å²) in [5.41, 5.74) is 27.7. The van der Waals surface area contributed by atoms with Gasteiger partial charge in [-0.15, -0.1) is 0 Å². The fraction of sp³-hybridized carbons (Fsp3) is 0.156. The summed E-state index contributed by atoms with van der Waals surface area (Å²) in [5.74, 6) is 0. The Labute approximate surface area is 298 Å². The third-order valence-corrected chi connectivity index (χ3v) is 8.65. The minimum Gasteiger partial charge on any atom is -0.403 e. The number of nitrogens with two attached hydrogens (primary N) is 2. The summed E-state index contributed by atoms with van der Waals surface area (Å²) in [4.78, 5) is 2.35. The lowest BCUT2D eigenvalue weighted by atomic mass is 10.0. The van der Waals surface area contributed by atoms with Crippen molar-refractivity contribution in [3.63, 3.8) is 0 Å². The molecule has 5 nitrogen and oxygen atoms in total. The standard InChI is InChI=1S/C33H37N3.C12H12N2/c1-23-6-10-28(11-7-23)18-19-35-31(22-34)29-12-14-30(15-13-29)36(32-16-8-24(2)20-26(32)4)33-17-9-25(3)21-27(33)5;13-11-8-4-5-9-12(11)14-10-6-2-1-3-7-10/h6-17,20-22,35H,18-19,34H2,1-5H3;1-9,14H,13H2/b31-22-;. The van der Waals surface area contributed by atoms with Crippen molar-refractivity contribution in [2.75, 3.05) is 22.5 Å². The van der Waals surface area contributed by atoms with Gasteiger partial charge in [0.1, 0.15) is 0 Å². The van der Waals surface area contributed by atoms with E-state index < -0.39 is 0 Å². The Kier molecular flexibility index (Phi) is 12.0. The van der Waals surface area contributed by atoms with Crippen LogP contribution in [0.3, 0.4) is 0 Å². The molecule has 6 rings (SSSR count). The van der Waals surface area contributed by atoms with Crippen molar-refractivity contribution < 1.29 is 0 Å². The molecular weight excluding hydrogens is 611 g/mol. The van der Waals surface area contributed by atoms with Crippen LogP contribution in [0.1, 0.15) is 38.9 Å². The molecule has 0 bridgehead atoms. The largest absolute Gasteiger partial charge is 0.403 e. The molecular formula is C45H49N5. The van der Waals surface area contributed by atoms with Gasteiger partial charge in [-0.2, -0.15) is 0 Å². The normalized spacial score (nSPS) is 10.9. The lowest BCUT2D eigenvalue weighted by molar-refractivity contribution is 0.846. The van der Waals surface area contributed by atoms with Crippen molar-refractivity contribution in [1.29, 1.82) is 0 Å². The predicted molar refractivity (Wildman–Crippen MR) is 216 cm³/mol. The second kappa shape index (κ2) is 16.9. The summed E-state index contributed by atoms with van der Waals surface area (Å²) in [7, 11) is 0. The molecule has 0 saturated heterocycles. The van der Waals surface area contributed by atoms with Crippen LogP contribution >= 0.6 is 0 Å². The van der Waals surface area contributed by atoms with Crippen molar-refractivity contribution in [2.45, 2.75) is 41.0 Å². The van der Waals surface area contributed by atoms with Crippen LogP contribution in [0.15, 0.2) is 146 Å². The van der Waals surface area contributed by atoms with Gasteiger partial charge in [0, 0.05) is 35.5 Å². The maximum absolute atomic E-state index is 6.02. The molecule has 0 atom stereocenters. The summed E-state index contributed by atoms with van der Waals surface area (Å²) >= 11 is 0. The number of nitrogen functional groups attached to an aromatic ring is 1. The summed E-state index contributed by atoms with van der Waals surface area (Å²) in [6.07, 6.45) is 2.61. The molecule has 0 saturated carbocycles. The van der Waals surface area contributed by atoms with Crippen LogP contribution in [0, 0.1) is 34.6 Å². The van der Waals surface area contributed by atoms with E-state index in [1.54, 1.807) is 6.20 Å². The van der Waals surface area contributed by atoms with E-state index in [4.69, 9.17) is 11.5 Å². The van der Waals surface area contributed by atoms with Crippen molar-refractivity contribution in [3.05, 3.63) is 185 Å². The van der Waals surface area contributed by atoms with Gasteiger partial charge in [0.2, 0.25) is 0 Å². The van der Waals surface area contributed by atoms with Crippen molar-refractivity contribution in [2.24, 2.45) is 5.73 Å². The Hall–Kier alpha value is -5.94. The number of hydrogen-bond donors (Lipinski definition) is 4. The van der Waals surface area contributed by atoms with E-state index in [1.165, 1.54) is 44.8 Å². The van der Waals surface area contributed by atoms with Crippen molar-refractivity contribution in [3.8, 4) is 0 Å². The van der Waals surface area contributed by atoms with E-state index in [2.05, 4.69) is 135 Å². The Bertz CT molecular complexity index is 1960. The Morgan fingerprint density at radius 2 is 1.18 bits per heavy atom. The van der Waals surface area contributed by atoms with Crippen LogP contribution < -0.4 is 27.0 Å². The molecule has 0 aliphatic rings. The van der Waals surface area contributed by atoms with Crippen molar-refractivity contribution >= 4 is 39.8 Å². The Morgan fingerprint density at radius 1 is 0.620 bits per heavy atom. The average molecular weight is 660 g/mol. The topological polar surface area (TPSA) is 79.3 Å². The van der Waals surface area contributed by atoms with Gasteiger partial charge in [-0.1, -0.05) is 108 Å². The smallest absolute Gasteiger partial charge is 0.0617 e. The molecule has 5 heteroatoms. The fourth-order valence-electron chi connectivity index (χ4n) is 5.95. The first-order valence-corrected chi connectivity index (χ1v) is 17.1. The van der Waals surface area contributed by atoms with Gasteiger partial charge in [-0.25, -0.2) is 0 Å². The van der Waals surface area contributed by atoms with Gasteiger partial charge in [0.05, 0.1) is 17.1 Å². The van der Waals surface area contributed by atoms with Crippen LogP contribution in [-0.2, 0) is 6.42 Å². The third kappa shape index (κ3) is 9.36. The van der Waals surface area contributed by atoms with Crippen LogP contribution in [0.4, 0.5) is 34.1 Å². The van der Waals surface area contributed by atoms with E-state index in [0.29, 0.717) is 0 Å². The number of hydrogen-bond acceptors (Lipinski definition) is 5. The summed E-state index contributed by atoms with van der Waals surface area (Å²) in [6.45, 7) is 11.6. The average Bonchev–Trinajstić information content (AvgIpc) is 3.11. The number of rotatable bonds is 10. The van der Waals surface area contributed by atoms with Crippen LogP contribution in [0.5, 0.6) is 0 Å². The van der Waals surface area contributed by atoms with Gasteiger partial charge >= 0.3 is 0 Å². The van der Waals surface area contributed by atoms with Crippen LogP contribution in [-0.4, -0.2) is 6.54 Å². The molecule has 50 heavy (non-hydrogen) atoms. The zero-order valence-corrected chi connectivity index (χ0v) is 29.9. The Morgan fingerprint density at radius 3 is 1.74 bits per heavy atom. The molecule has 6 aromatic carbocycles. The Balaban J connectivity index is 0.000000288. The second-order valence-electron chi connectivity index (χ2n) is 12.8.